The Bertz CT molecular complexity index is 982. The van der Waals surface area contributed by atoms with E-state index in [0.29, 0.717) is 52.7 Å². The standard InChI is InChI=1S/C18H17N3O5/c1-10-16-12(17(22)19-5-6-23-2)8-13(20-18(16)26-21-10)11-3-4-14-15(7-11)25-9-24-14/h3-4,7-8H,5-6,9H2,1-2H3,(H,19,22). The van der Waals surface area contributed by atoms with Gasteiger partial charge in [0.2, 0.25) is 6.79 Å². The summed E-state index contributed by atoms with van der Waals surface area (Å²) in [6.07, 6.45) is 0. The Balaban J connectivity index is 1.78. The van der Waals surface area contributed by atoms with Crippen molar-refractivity contribution in [1.29, 1.82) is 0 Å². The number of amides is 1. The van der Waals surface area contributed by atoms with Gasteiger partial charge in [-0.2, -0.15) is 0 Å². The molecule has 0 fully saturated rings. The highest BCUT2D eigenvalue weighted by molar-refractivity contribution is 6.07. The maximum atomic E-state index is 12.6. The number of carbonyl (C=O) groups is 1. The molecule has 1 amide bonds. The van der Waals surface area contributed by atoms with Crippen molar-refractivity contribution in [3.63, 3.8) is 0 Å². The largest absolute Gasteiger partial charge is 0.454 e. The molecule has 1 aromatic carbocycles. The topological polar surface area (TPSA) is 95.7 Å². The normalized spacial score (nSPS) is 12.5. The molecule has 3 aromatic rings. The van der Waals surface area contributed by atoms with Crippen molar-refractivity contribution >= 4 is 17.0 Å². The third-order valence-corrected chi connectivity index (χ3v) is 4.12. The number of aromatic nitrogens is 2. The monoisotopic (exact) mass is 355 g/mol. The first-order valence-electron chi connectivity index (χ1n) is 8.11. The number of hydrogen-bond donors (Lipinski definition) is 1. The fourth-order valence-corrected chi connectivity index (χ4v) is 2.84. The Morgan fingerprint density at radius 2 is 2.12 bits per heavy atom. The molecule has 0 radical (unpaired) electrons. The van der Waals surface area contributed by atoms with Crippen LogP contribution in [0, 0.1) is 6.92 Å². The number of pyridine rings is 1. The molecule has 1 aliphatic heterocycles. The Kier molecular flexibility index (Phi) is 4.18. The van der Waals surface area contributed by atoms with Crippen LogP contribution in [-0.2, 0) is 4.74 Å². The Morgan fingerprint density at radius 3 is 2.96 bits per heavy atom. The lowest BCUT2D eigenvalue weighted by atomic mass is 10.0. The maximum Gasteiger partial charge on any atom is 0.259 e. The number of methoxy groups -OCH3 is 1. The van der Waals surface area contributed by atoms with Gasteiger partial charge in [-0.1, -0.05) is 5.16 Å². The number of aryl methyl sites for hydroxylation is 1. The lowest BCUT2D eigenvalue weighted by Crippen LogP contribution is -2.27. The number of rotatable bonds is 5. The second-order valence-corrected chi connectivity index (χ2v) is 5.82. The van der Waals surface area contributed by atoms with Crippen LogP contribution in [-0.4, -0.2) is 43.1 Å². The summed E-state index contributed by atoms with van der Waals surface area (Å²) in [5.41, 5.74) is 2.76. The molecule has 3 heterocycles. The van der Waals surface area contributed by atoms with Crippen LogP contribution in [0.5, 0.6) is 11.5 Å². The average molecular weight is 355 g/mol. The third-order valence-electron chi connectivity index (χ3n) is 4.12. The minimum Gasteiger partial charge on any atom is -0.454 e. The van der Waals surface area contributed by atoms with Crippen LogP contribution < -0.4 is 14.8 Å². The third kappa shape index (κ3) is 2.84. The molecule has 0 saturated heterocycles. The fraction of sp³-hybridized carbons (Fsp3) is 0.278. The number of nitrogens with one attached hydrogen (secondary N) is 1. The van der Waals surface area contributed by atoms with Crippen LogP contribution in [0.15, 0.2) is 28.8 Å². The first kappa shape index (κ1) is 16.3. The van der Waals surface area contributed by atoms with E-state index in [9.17, 15) is 4.79 Å². The Hall–Kier alpha value is -3.13. The zero-order valence-corrected chi connectivity index (χ0v) is 14.4. The minimum atomic E-state index is -0.234. The van der Waals surface area contributed by atoms with E-state index < -0.39 is 0 Å². The molecule has 1 aliphatic rings. The highest BCUT2D eigenvalue weighted by atomic mass is 16.7. The van der Waals surface area contributed by atoms with Crippen molar-refractivity contribution in [3.05, 3.63) is 35.5 Å². The molecule has 8 heteroatoms. The molecule has 0 saturated carbocycles. The van der Waals surface area contributed by atoms with Gasteiger partial charge < -0.3 is 24.1 Å². The summed E-state index contributed by atoms with van der Waals surface area (Å²) in [5.74, 6) is 1.09. The summed E-state index contributed by atoms with van der Waals surface area (Å²) in [5, 5.41) is 7.37. The highest BCUT2D eigenvalue weighted by Crippen LogP contribution is 2.36. The molecule has 26 heavy (non-hydrogen) atoms. The smallest absolute Gasteiger partial charge is 0.259 e. The molecule has 8 nitrogen and oxygen atoms in total. The van der Waals surface area contributed by atoms with Gasteiger partial charge >= 0.3 is 0 Å². The van der Waals surface area contributed by atoms with E-state index in [4.69, 9.17) is 18.7 Å². The number of carbonyl (C=O) groups excluding carboxylic acids is 1. The maximum absolute atomic E-state index is 12.6. The molecule has 1 N–H and O–H groups in total. The lowest BCUT2D eigenvalue weighted by Gasteiger charge is -2.08. The minimum absolute atomic E-state index is 0.194. The van der Waals surface area contributed by atoms with Gasteiger partial charge in [-0.05, 0) is 31.2 Å². The van der Waals surface area contributed by atoms with Gasteiger partial charge in [0.25, 0.3) is 11.6 Å². The van der Waals surface area contributed by atoms with Crippen LogP contribution in [0.4, 0.5) is 0 Å². The summed E-state index contributed by atoms with van der Waals surface area (Å²) in [4.78, 5) is 17.1. The van der Waals surface area contributed by atoms with Crippen LogP contribution in [0.1, 0.15) is 16.1 Å². The molecule has 0 spiro atoms. The van der Waals surface area contributed by atoms with Gasteiger partial charge in [0.15, 0.2) is 11.5 Å². The van der Waals surface area contributed by atoms with Crippen molar-refractivity contribution in [2.45, 2.75) is 6.92 Å². The number of benzene rings is 1. The van der Waals surface area contributed by atoms with E-state index in [1.54, 1.807) is 20.1 Å². The summed E-state index contributed by atoms with van der Waals surface area (Å²) in [6.45, 7) is 2.81. The van der Waals surface area contributed by atoms with E-state index in [0.717, 1.165) is 5.56 Å². The van der Waals surface area contributed by atoms with E-state index in [1.807, 2.05) is 18.2 Å². The molecule has 0 aliphatic carbocycles. The van der Waals surface area contributed by atoms with Gasteiger partial charge in [-0.25, -0.2) is 4.98 Å². The van der Waals surface area contributed by atoms with Crippen LogP contribution >= 0.6 is 0 Å². The predicted octanol–water partition coefficient (Wildman–Crippen LogP) is 2.30. The van der Waals surface area contributed by atoms with Gasteiger partial charge in [0.05, 0.1) is 28.9 Å². The summed E-state index contributed by atoms with van der Waals surface area (Å²) >= 11 is 0. The second-order valence-electron chi connectivity index (χ2n) is 5.82. The molecule has 134 valence electrons. The first-order chi connectivity index (χ1) is 12.7. The summed E-state index contributed by atoms with van der Waals surface area (Å²) in [7, 11) is 1.58. The zero-order chi connectivity index (χ0) is 18.1. The molecule has 4 rings (SSSR count). The van der Waals surface area contributed by atoms with Gasteiger partial charge in [-0.15, -0.1) is 0 Å². The number of ether oxygens (including phenoxy) is 3. The van der Waals surface area contributed by atoms with Crippen molar-refractivity contribution in [1.82, 2.24) is 15.5 Å². The van der Waals surface area contributed by atoms with E-state index in [2.05, 4.69) is 15.5 Å². The predicted molar refractivity (Wildman–Crippen MR) is 92.3 cm³/mol. The summed E-state index contributed by atoms with van der Waals surface area (Å²) < 4.78 is 21.0. The summed E-state index contributed by atoms with van der Waals surface area (Å²) in [6, 6.07) is 7.23. The molecule has 0 atom stereocenters. The number of hydrogen-bond acceptors (Lipinski definition) is 7. The van der Waals surface area contributed by atoms with Crippen molar-refractivity contribution in [2.75, 3.05) is 27.1 Å². The van der Waals surface area contributed by atoms with Gasteiger partial charge in [0, 0.05) is 19.2 Å². The number of fused-ring (bicyclic) bond motifs is 2. The molecule has 2 aromatic heterocycles. The lowest BCUT2D eigenvalue weighted by molar-refractivity contribution is 0.0938. The second kappa shape index (κ2) is 6.64. The van der Waals surface area contributed by atoms with E-state index >= 15 is 0 Å². The van der Waals surface area contributed by atoms with Crippen molar-refractivity contribution < 1.29 is 23.5 Å². The van der Waals surface area contributed by atoms with Gasteiger partial charge in [-0.3, -0.25) is 4.79 Å². The molecule has 0 unspecified atom stereocenters. The van der Waals surface area contributed by atoms with Crippen LogP contribution in [0.2, 0.25) is 0 Å². The molecular weight excluding hydrogens is 338 g/mol. The van der Waals surface area contributed by atoms with Crippen molar-refractivity contribution in [2.24, 2.45) is 0 Å². The molecular formula is C18H17N3O5. The zero-order valence-electron chi connectivity index (χ0n) is 14.4. The Morgan fingerprint density at radius 1 is 1.27 bits per heavy atom. The first-order valence-corrected chi connectivity index (χ1v) is 8.11. The van der Waals surface area contributed by atoms with Crippen LogP contribution in [0.25, 0.3) is 22.4 Å². The van der Waals surface area contributed by atoms with E-state index in [-0.39, 0.29) is 12.7 Å². The SMILES string of the molecule is COCCNC(=O)c1cc(-c2ccc3c(c2)OCO3)nc2onc(C)c12. The van der Waals surface area contributed by atoms with E-state index in [1.165, 1.54) is 0 Å². The van der Waals surface area contributed by atoms with Crippen molar-refractivity contribution in [3.8, 4) is 22.8 Å². The Labute approximate surface area is 149 Å². The number of nitrogens with zero attached hydrogens (tertiary/aromatic N) is 2. The van der Waals surface area contributed by atoms with Gasteiger partial charge in [0.1, 0.15) is 0 Å². The molecule has 0 bridgehead atoms. The highest BCUT2D eigenvalue weighted by Gasteiger charge is 2.20. The average Bonchev–Trinajstić information content (AvgIpc) is 3.27. The van der Waals surface area contributed by atoms with Crippen LogP contribution in [0.3, 0.4) is 0 Å². The quantitative estimate of drug-likeness (QED) is 0.702. The fourth-order valence-electron chi connectivity index (χ4n) is 2.84.